The van der Waals surface area contributed by atoms with Crippen LogP contribution in [-0.4, -0.2) is 60.9 Å². The monoisotopic (exact) mass is 265 g/mol. The summed E-state index contributed by atoms with van der Waals surface area (Å²) in [7, 11) is 0. The normalized spacial score (nSPS) is 16.4. The van der Waals surface area contributed by atoms with E-state index in [1.165, 1.54) is 13.2 Å². The van der Waals surface area contributed by atoms with E-state index in [9.17, 15) is 9.59 Å². The molecule has 2 rings (SSSR count). The minimum absolute atomic E-state index is 0.00775. The van der Waals surface area contributed by atoms with Gasteiger partial charge in [0.05, 0.1) is 6.26 Å². The van der Waals surface area contributed by atoms with Crippen molar-refractivity contribution < 1.29 is 14.0 Å². The van der Waals surface area contributed by atoms with Gasteiger partial charge in [-0.15, -0.1) is 0 Å². The predicted molar refractivity (Wildman–Crippen MR) is 69.7 cm³/mol. The van der Waals surface area contributed by atoms with Crippen LogP contribution in [0.4, 0.5) is 0 Å². The Morgan fingerprint density at radius 3 is 2.63 bits per heavy atom. The smallest absolute Gasteiger partial charge is 0.289 e. The zero-order valence-corrected chi connectivity index (χ0v) is 11.1. The fraction of sp³-hybridized carbons (Fsp3) is 0.538. The first kappa shape index (κ1) is 13.6. The molecule has 0 aromatic carbocycles. The van der Waals surface area contributed by atoms with E-state index in [2.05, 4.69) is 10.2 Å². The lowest BCUT2D eigenvalue weighted by molar-refractivity contribution is -0.119. The summed E-state index contributed by atoms with van der Waals surface area (Å²) in [6, 6.07) is 3.41. The second-order valence-corrected chi connectivity index (χ2v) is 4.59. The van der Waals surface area contributed by atoms with E-state index >= 15 is 0 Å². The maximum Gasteiger partial charge on any atom is 0.289 e. The van der Waals surface area contributed by atoms with Crippen LogP contribution in [0.1, 0.15) is 17.5 Å². The minimum atomic E-state index is -0.0495. The number of amides is 2. The number of hydrogen-bond donors (Lipinski definition) is 1. The third kappa shape index (κ3) is 3.82. The van der Waals surface area contributed by atoms with E-state index in [4.69, 9.17) is 4.42 Å². The molecule has 1 aromatic rings. The largest absolute Gasteiger partial charge is 0.459 e. The molecular formula is C13H19N3O3. The highest BCUT2D eigenvalue weighted by Gasteiger charge is 2.23. The van der Waals surface area contributed by atoms with Crippen molar-refractivity contribution in [2.45, 2.75) is 6.92 Å². The van der Waals surface area contributed by atoms with E-state index in [1.807, 2.05) is 0 Å². The van der Waals surface area contributed by atoms with Crippen LogP contribution in [0, 0.1) is 0 Å². The molecule has 19 heavy (non-hydrogen) atoms. The second-order valence-electron chi connectivity index (χ2n) is 4.59. The standard InChI is InChI=1S/C13H19N3O3/c1-11(17)14-4-5-15-6-8-16(9-7-15)13(18)12-3-2-10-19-12/h2-3,10H,4-9H2,1H3,(H,14,17). The molecule has 0 saturated carbocycles. The lowest BCUT2D eigenvalue weighted by Gasteiger charge is -2.34. The summed E-state index contributed by atoms with van der Waals surface area (Å²) in [4.78, 5) is 26.8. The zero-order valence-electron chi connectivity index (χ0n) is 11.1. The fourth-order valence-electron chi connectivity index (χ4n) is 2.12. The molecule has 2 amide bonds. The molecule has 0 bridgehead atoms. The Morgan fingerprint density at radius 2 is 2.05 bits per heavy atom. The van der Waals surface area contributed by atoms with Crippen LogP contribution in [0.3, 0.4) is 0 Å². The first-order chi connectivity index (χ1) is 9.16. The summed E-state index contributed by atoms with van der Waals surface area (Å²) in [5.74, 6) is 0.338. The number of nitrogens with one attached hydrogen (secondary N) is 1. The van der Waals surface area contributed by atoms with Crippen molar-refractivity contribution in [3.63, 3.8) is 0 Å². The number of rotatable bonds is 4. The van der Waals surface area contributed by atoms with Gasteiger partial charge in [-0.25, -0.2) is 0 Å². The molecule has 1 aliphatic rings. The fourth-order valence-corrected chi connectivity index (χ4v) is 2.12. The molecular weight excluding hydrogens is 246 g/mol. The third-order valence-electron chi connectivity index (χ3n) is 3.19. The van der Waals surface area contributed by atoms with E-state index in [1.54, 1.807) is 17.0 Å². The topological polar surface area (TPSA) is 65.8 Å². The SMILES string of the molecule is CC(=O)NCCN1CCN(C(=O)c2ccco2)CC1. The molecule has 1 saturated heterocycles. The highest BCUT2D eigenvalue weighted by atomic mass is 16.3. The number of carbonyl (C=O) groups excluding carboxylic acids is 2. The number of furan rings is 1. The predicted octanol–water partition coefficient (Wildman–Crippen LogP) is 0.174. The average molecular weight is 265 g/mol. The summed E-state index contributed by atoms with van der Waals surface area (Å²) in [6.07, 6.45) is 1.51. The van der Waals surface area contributed by atoms with Crippen molar-refractivity contribution in [2.75, 3.05) is 39.3 Å². The molecule has 0 aliphatic carbocycles. The van der Waals surface area contributed by atoms with Gasteiger partial charge in [0.2, 0.25) is 5.91 Å². The Labute approximate surface area is 112 Å². The quantitative estimate of drug-likeness (QED) is 0.843. The van der Waals surface area contributed by atoms with Gasteiger partial charge < -0.3 is 14.6 Å². The molecule has 1 aromatic heterocycles. The Balaban J connectivity index is 1.73. The van der Waals surface area contributed by atoms with Gasteiger partial charge in [-0.1, -0.05) is 0 Å². The van der Waals surface area contributed by atoms with Crippen LogP contribution in [0.15, 0.2) is 22.8 Å². The maximum atomic E-state index is 12.0. The molecule has 6 nitrogen and oxygen atoms in total. The first-order valence-electron chi connectivity index (χ1n) is 6.46. The highest BCUT2D eigenvalue weighted by Crippen LogP contribution is 2.08. The molecule has 1 fully saturated rings. The van der Waals surface area contributed by atoms with Gasteiger partial charge in [0.15, 0.2) is 5.76 Å². The van der Waals surface area contributed by atoms with Crippen LogP contribution >= 0.6 is 0 Å². The summed E-state index contributed by atoms with van der Waals surface area (Å²) in [6.45, 7) is 6.03. The van der Waals surface area contributed by atoms with Gasteiger partial charge >= 0.3 is 0 Å². The molecule has 0 atom stereocenters. The first-order valence-corrected chi connectivity index (χ1v) is 6.46. The number of piperazine rings is 1. The lowest BCUT2D eigenvalue weighted by atomic mass is 10.3. The van der Waals surface area contributed by atoms with Crippen molar-refractivity contribution in [2.24, 2.45) is 0 Å². The Hall–Kier alpha value is -1.82. The average Bonchev–Trinajstić information content (AvgIpc) is 2.92. The van der Waals surface area contributed by atoms with Gasteiger partial charge in [-0.3, -0.25) is 14.5 Å². The van der Waals surface area contributed by atoms with Crippen LogP contribution in [-0.2, 0) is 4.79 Å². The Kier molecular flexibility index (Phi) is 4.57. The van der Waals surface area contributed by atoms with Gasteiger partial charge in [-0.2, -0.15) is 0 Å². The van der Waals surface area contributed by atoms with E-state index in [0.717, 1.165) is 19.6 Å². The van der Waals surface area contributed by atoms with Crippen molar-refractivity contribution >= 4 is 11.8 Å². The van der Waals surface area contributed by atoms with Crippen molar-refractivity contribution in [3.8, 4) is 0 Å². The lowest BCUT2D eigenvalue weighted by Crippen LogP contribution is -2.50. The summed E-state index contributed by atoms with van der Waals surface area (Å²) >= 11 is 0. The summed E-state index contributed by atoms with van der Waals surface area (Å²) in [5, 5.41) is 2.77. The van der Waals surface area contributed by atoms with Crippen LogP contribution in [0.25, 0.3) is 0 Å². The van der Waals surface area contributed by atoms with Crippen molar-refractivity contribution in [1.29, 1.82) is 0 Å². The molecule has 104 valence electrons. The third-order valence-corrected chi connectivity index (χ3v) is 3.19. The van der Waals surface area contributed by atoms with E-state index < -0.39 is 0 Å². The minimum Gasteiger partial charge on any atom is -0.459 e. The Bertz CT molecular complexity index is 422. The van der Waals surface area contributed by atoms with Gasteiger partial charge in [0, 0.05) is 46.2 Å². The van der Waals surface area contributed by atoms with Gasteiger partial charge in [0.25, 0.3) is 5.91 Å². The van der Waals surface area contributed by atoms with Crippen molar-refractivity contribution in [3.05, 3.63) is 24.2 Å². The summed E-state index contributed by atoms with van der Waals surface area (Å²) < 4.78 is 5.11. The number of hydrogen-bond acceptors (Lipinski definition) is 4. The van der Waals surface area contributed by atoms with Crippen LogP contribution in [0.5, 0.6) is 0 Å². The van der Waals surface area contributed by atoms with Gasteiger partial charge in [0.1, 0.15) is 0 Å². The second kappa shape index (κ2) is 6.38. The molecule has 6 heteroatoms. The van der Waals surface area contributed by atoms with Crippen molar-refractivity contribution in [1.82, 2.24) is 15.1 Å². The molecule has 1 aliphatic heterocycles. The molecule has 0 unspecified atom stereocenters. The van der Waals surface area contributed by atoms with Crippen LogP contribution < -0.4 is 5.32 Å². The highest BCUT2D eigenvalue weighted by molar-refractivity contribution is 5.91. The van der Waals surface area contributed by atoms with E-state index in [-0.39, 0.29) is 11.8 Å². The number of nitrogens with zero attached hydrogens (tertiary/aromatic N) is 2. The molecule has 1 N–H and O–H groups in total. The van der Waals surface area contributed by atoms with Crippen LogP contribution in [0.2, 0.25) is 0 Å². The maximum absolute atomic E-state index is 12.0. The zero-order chi connectivity index (χ0) is 13.7. The molecule has 0 radical (unpaired) electrons. The number of carbonyl (C=O) groups is 2. The molecule has 0 spiro atoms. The van der Waals surface area contributed by atoms with Gasteiger partial charge in [-0.05, 0) is 12.1 Å². The molecule has 2 heterocycles. The summed E-state index contributed by atoms with van der Waals surface area (Å²) in [5.41, 5.74) is 0. The Morgan fingerprint density at radius 1 is 1.32 bits per heavy atom. The van der Waals surface area contributed by atoms with E-state index in [0.29, 0.717) is 25.4 Å².